The largest absolute Gasteiger partial charge is 0.573 e. The SMILES string of the molecule is O=C1NCCC[C@H]1Nc1nc2ccccc2c2nc(-c3ccc(Cl)cc3OC(F)(F)F)nn12. The number of carbonyl (C=O) groups is 1. The van der Waals surface area contributed by atoms with Gasteiger partial charge in [0.2, 0.25) is 11.9 Å². The van der Waals surface area contributed by atoms with Crippen molar-refractivity contribution < 1.29 is 22.7 Å². The van der Waals surface area contributed by atoms with Crippen LogP contribution in [0, 0.1) is 0 Å². The smallest absolute Gasteiger partial charge is 0.405 e. The van der Waals surface area contributed by atoms with Gasteiger partial charge in [-0.05, 0) is 43.2 Å². The number of alkyl halides is 3. The fourth-order valence-electron chi connectivity index (χ4n) is 3.72. The zero-order valence-corrected chi connectivity index (χ0v) is 17.6. The van der Waals surface area contributed by atoms with Crippen molar-refractivity contribution in [3.63, 3.8) is 0 Å². The van der Waals surface area contributed by atoms with Crippen molar-refractivity contribution in [1.29, 1.82) is 0 Å². The van der Waals surface area contributed by atoms with Crippen LogP contribution >= 0.6 is 11.6 Å². The molecule has 12 heteroatoms. The average Bonchev–Trinajstić information content (AvgIpc) is 3.20. The van der Waals surface area contributed by atoms with Crippen molar-refractivity contribution in [2.75, 3.05) is 11.9 Å². The highest BCUT2D eigenvalue weighted by Gasteiger charge is 2.33. The van der Waals surface area contributed by atoms with Crippen LogP contribution in [0.1, 0.15) is 12.8 Å². The number of carbonyl (C=O) groups excluding carboxylic acids is 1. The van der Waals surface area contributed by atoms with E-state index in [0.717, 1.165) is 12.5 Å². The second kappa shape index (κ2) is 8.07. The van der Waals surface area contributed by atoms with Gasteiger partial charge >= 0.3 is 6.36 Å². The molecule has 3 heterocycles. The Morgan fingerprint density at radius 1 is 1.18 bits per heavy atom. The van der Waals surface area contributed by atoms with Gasteiger partial charge in [-0.15, -0.1) is 18.3 Å². The van der Waals surface area contributed by atoms with Crippen molar-refractivity contribution >= 4 is 40.0 Å². The van der Waals surface area contributed by atoms with E-state index in [0.29, 0.717) is 29.5 Å². The summed E-state index contributed by atoms with van der Waals surface area (Å²) in [6.45, 7) is 0.601. The van der Waals surface area contributed by atoms with Crippen molar-refractivity contribution in [2.45, 2.75) is 25.2 Å². The first-order chi connectivity index (χ1) is 15.8. The molecule has 0 unspecified atom stereocenters. The van der Waals surface area contributed by atoms with Gasteiger partial charge in [0.1, 0.15) is 11.8 Å². The van der Waals surface area contributed by atoms with E-state index < -0.39 is 18.2 Å². The molecule has 2 N–H and O–H groups in total. The number of para-hydroxylation sites is 1. The van der Waals surface area contributed by atoms with Gasteiger partial charge in [-0.2, -0.15) is 4.52 Å². The Bertz CT molecular complexity index is 1370. The topological polar surface area (TPSA) is 93.4 Å². The predicted octanol–water partition coefficient (Wildman–Crippen LogP) is 4.19. The summed E-state index contributed by atoms with van der Waals surface area (Å²) >= 11 is 5.89. The number of ether oxygens (including phenoxy) is 1. The Morgan fingerprint density at radius 3 is 2.79 bits per heavy atom. The summed E-state index contributed by atoms with van der Waals surface area (Å²) in [5, 5.41) is 11.0. The minimum atomic E-state index is -4.92. The maximum Gasteiger partial charge on any atom is 0.573 e. The summed E-state index contributed by atoms with van der Waals surface area (Å²) in [6, 6.07) is 10.5. The van der Waals surface area contributed by atoms with Gasteiger partial charge in [-0.25, -0.2) is 9.97 Å². The third-order valence-corrected chi connectivity index (χ3v) is 5.41. The van der Waals surface area contributed by atoms with Gasteiger partial charge in [0, 0.05) is 17.0 Å². The molecule has 0 bridgehead atoms. The van der Waals surface area contributed by atoms with Crippen LogP contribution in [0.25, 0.3) is 27.9 Å². The molecule has 1 aliphatic rings. The molecule has 33 heavy (non-hydrogen) atoms. The van der Waals surface area contributed by atoms with E-state index in [1.54, 1.807) is 24.3 Å². The lowest BCUT2D eigenvalue weighted by Crippen LogP contribution is -2.44. The highest BCUT2D eigenvalue weighted by Crippen LogP contribution is 2.35. The molecule has 0 spiro atoms. The van der Waals surface area contributed by atoms with Gasteiger partial charge in [0.25, 0.3) is 0 Å². The number of rotatable bonds is 4. The van der Waals surface area contributed by atoms with Gasteiger partial charge in [0.05, 0.1) is 11.1 Å². The maximum absolute atomic E-state index is 13.0. The number of piperidine rings is 1. The Hall–Kier alpha value is -3.60. The third-order valence-electron chi connectivity index (χ3n) is 5.18. The van der Waals surface area contributed by atoms with Crippen LogP contribution in [0.4, 0.5) is 19.1 Å². The molecule has 1 amide bonds. The number of nitrogens with zero attached hydrogens (tertiary/aromatic N) is 4. The second-order valence-electron chi connectivity index (χ2n) is 7.44. The average molecular weight is 477 g/mol. The van der Waals surface area contributed by atoms with Gasteiger partial charge < -0.3 is 15.4 Å². The van der Waals surface area contributed by atoms with Crippen LogP contribution in [0.3, 0.4) is 0 Å². The molecule has 170 valence electrons. The molecular weight excluding hydrogens is 461 g/mol. The van der Waals surface area contributed by atoms with Crippen LogP contribution in [0.15, 0.2) is 42.5 Å². The Kier molecular flexibility index (Phi) is 5.20. The molecular formula is C21H16ClF3N6O2. The summed E-state index contributed by atoms with van der Waals surface area (Å²) in [5.74, 6) is -0.454. The summed E-state index contributed by atoms with van der Waals surface area (Å²) in [6.07, 6.45) is -3.52. The number of nitrogens with one attached hydrogen (secondary N) is 2. The van der Waals surface area contributed by atoms with E-state index in [9.17, 15) is 18.0 Å². The van der Waals surface area contributed by atoms with E-state index in [1.165, 1.54) is 16.6 Å². The summed E-state index contributed by atoms with van der Waals surface area (Å²) in [7, 11) is 0. The van der Waals surface area contributed by atoms with Gasteiger partial charge in [0.15, 0.2) is 11.5 Å². The molecule has 1 saturated heterocycles. The van der Waals surface area contributed by atoms with Crippen molar-refractivity contribution in [1.82, 2.24) is 24.9 Å². The molecule has 1 atom stereocenters. The molecule has 0 aliphatic carbocycles. The van der Waals surface area contributed by atoms with Crippen LogP contribution in [0.2, 0.25) is 5.02 Å². The lowest BCUT2D eigenvalue weighted by Gasteiger charge is -2.23. The highest BCUT2D eigenvalue weighted by molar-refractivity contribution is 6.30. The Balaban J connectivity index is 1.67. The molecule has 5 rings (SSSR count). The van der Waals surface area contributed by atoms with Crippen molar-refractivity contribution in [3.8, 4) is 17.1 Å². The van der Waals surface area contributed by atoms with Gasteiger partial charge in [-0.1, -0.05) is 23.7 Å². The lowest BCUT2D eigenvalue weighted by atomic mass is 10.1. The van der Waals surface area contributed by atoms with Crippen LogP contribution in [-0.4, -0.2) is 44.4 Å². The standard InChI is InChI=1S/C21H16ClF3N6O2/c22-11-7-8-13(16(10-11)33-21(23,24)25)17-29-18-12-4-1-2-5-14(12)27-20(31(18)30-17)28-15-6-3-9-26-19(15)32/h1-2,4-5,7-8,10,15H,3,6,9H2,(H,26,32)(H,27,28)/t15-/m1/s1. The lowest BCUT2D eigenvalue weighted by molar-refractivity contribution is -0.274. The van der Waals surface area contributed by atoms with E-state index in [-0.39, 0.29) is 28.3 Å². The van der Waals surface area contributed by atoms with E-state index in [2.05, 4.69) is 30.4 Å². The normalized spacial score (nSPS) is 16.7. The number of anilines is 1. The van der Waals surface area contributed by atoms with Crippen molar-refractivity contribution in [2.24, 2.45) is 0 Å². The molecule has 0 radical (unpaired) electrons. The molecule has 1 fully saturated rings. The Labute approximate surface area is 189 Å². The molecule has 2 aromatic carbocycles. The zero-order chi connectivity index (χ0) is 23.2. The second-order valence-corrected chi connectivity index (χ2v) is 7.88. The first-order valence-electron chi connectivity index (χ1n) is 10.0. The van der Waals surface area contributed by atoms with Crippen LogP contribution in [-0.2, 0) is 4.79 Å². The summed E-state index contributed by atoms with van der Waals surface area (Å²) < 4.78 is 44.5. The highest BCUT2D eigenvalue weighted by atomic mass is 35.5. The zero-order valence-electron chi connectivity index (χ0n) is 16.9. The van der Waals surface area contributed by atoms with E-state index in [1.807, 2.05) is 0 Å². The summed E-state index contributed by atoms with van der Waals surface area (Å²) in [5.41, 5.74) is 0.957. The number of fused-ring (bicyclic) bond motifs is 3. The minimum absolute atomic E-state index is 0.00543. The molecule has 2 aromatic heterocycles. The first kappa shape index (κ1) is 21.3. The third kappa shape index (κ3) is 4.23. The molecule has 4 aromatic rings. The van der Waals surface area contributed by atoms with E-state index in [4.69, 9.17) is 11.6 Å². The number of hydrogen-bond donors (Lipinski definition) is 2. The van der Waals surface area contributed by atoms with Crippen LogP contribution < -0.4 is 15.4 Å². The van der Waals surface area contributed by atoms with Gasteiger partial charge in [-0.3, -0.25) is 4.79 Å². The van der Waals surface area contributed by atoms with Crippen LogP contribution in [0.5, 0.6) is 5.75 Å². The fraction of sp³-hybridized carbons (Fsp3) is 0.238. The number of benzene rings is 2. The predicted molar refractivity (Wildman–Crippen MR) is 115 cm³/mol. The summed E-state index contributed by atoms with van der Waals surface area (Å²) in [4.78, 5) is 21.3. The molecule has 0 saturated carbocycles. The fourth-order valence-corrected chi connectivity index (χ4v) is 3.88. The number of halogens is 4. The minimum Gasteiger partial charge on any atom is -0.405 e. The van der Waals surface area contributed by atoms with E-state index >= 15 is 0 Å². The monoisotopic (exact) mass is 476 g/mol. The maximum atomic E-state index is 13.0. The Morgan fingerprint density at radius 2 is 2.00 bits per heavy atom. The first-order valence-corrected chi connectivity index (χ1v) is 10.4. The van der Waals surface area contributed by atoms with Crippen molar-refractivity contribution in [3.05, 3.63) is 47.5 Å². The molecule has 8 nitrogen and oxygen atoms in total. The molecule has 1 aliphatic heterocycles. The number of hydrogen-bond acceptors (Lipinski definition) is 6. The quantitative estimate of drug-likeness (QED) is 0.459. The number of aromatic nitrogens is 4. The number of amides is 1.